The van der Waals surface area contributed by atoms with Crippen molar-refractivity contribution >= 4 is 16.0 Å². The lowest BCUT2D eigenvalue weighted by atomic mass is 9.91. The third-order valence-electron chi connectivity index (χ3n) is 4.50. The smallest absolute Gasteiger partial charge is 0.320 e. The van der Waals surface area contributed by atoms with E-state index < -0.39 is 21.7 Å². The number of rotatable bonds is 5. The zero-order valence-electron chi connectivity index (χ0n) is 12.0. The highest BCUT2D eigenvalue weighted by molar-refractivity contribution is 7.89. The molecule has 0 aromatic rings. The van der Waals surface area contributed by atoms with Crippen LogP contribution in [0, 0.1) is 0 Å². The zero-order valence-corrected chi connectivity index (χ0v) is 12.8. The van der Waals surface area contributed by atoms with Gasteiger partial charge in [-0.2, -0.15) is 4.31 Å². The van der Waals surface area contributed by atoms with Crippen LogP contribution in [0.25, 0.3) is 0 Å². The van der Waals surface area contributed by atoms with Crippen molar-refractivity contribution in [3.8, 4) is 0 Å². The molecule has 2 aliphatic rings. The molecule has 0 unspecified atom stereocenters. The molecule has 116 valence electrons. The maximum absolute atomic E-state index is 12.5. The number of carbonyl (C=O) groups is 1. The summed E-state index contributed by atoms with van der Waals surface area (Å²) in [6.07, 6.45) is 10.1. The predicted octanol–water partition coefficient (Wildman–Crippen LogP) is 2.37. The molecule has 20 heavy (non-hydrogen) atoms. The summed E-state index contributed by atoms with van der Waals surface area (Å²) in [5.74, 6) is -2.01. The van der Waals surface area contributed by atoms with E-state index in [1.165, 1.54) is 0 Å². The molecule has 2 saturated carbocycles. The quantitative estimate of drug-likeness (QED) is 0.846. The molecule has 6 heteroatoms. The van der Waals surface area contributed by atoms with Gasteiger partial charge in [0.25, 0.3) is 0 Å². The second-order valence-electron chi connectivity index (χ2n) is 6.06. The molecule has 0 aromatic carbocycles. The molecule has 0 bridgehead atoms. The van der Waals surface area contributed by atoms with Crippen LogP contribution in [0.5, 0.6) is 0 Å². The fourth-order valence-electron chi connectivity index (χ4n) is 3.65. The number of hydrogen-bond donors (Lipinski definition) is 1. The lowest BCUT2D eigenvalue weighted by Crippen LogP contribution is -2.50. The van der Waals surface area contributed by atoms with Gasteiger partial charge < -0.3 is 5.11 Å². The number of carboxylic acids is 1. The van der Waals surface area contributed by atoms with Crippen molar-refractivity contribution in [1.29, 1.82) is 0 Å². The SMILES string of the molecule is O=C(O)CS(=O)(=O)N(C1CCCCC1)C1CCCCC1. The van der Waals surface area contributed by atoms with E-state index in [1.54, 1.807) is 4.31 Å². The highest BCUT2D eigenvalue weighted by atomic mass is 32.2. The maximum Gasteiger partial charge on any atom is 0.320 e. The van der Waals surface area contributed by atoms with Crippen LogP contribution in [0.1, 0.15) is 64.2 Å². The highest BCUT2D eigenvalue weighted by Gasteiger charge is 2.38. The average molecular weight is 303 g/mol. The highest BCUT2D eigenvalue weighted by Crippen LogP contribution is 2.32. The Labute approximate surface area is 121 Å². The van der Waals surface area contributed by atoms with Crippen LogP contribution in [0.2, 0.25) is 0 Å². The predicted molar refractivity (Wildman–Crippen MR) is 77.0 cm³/mol. The Morgan fingerprint density at radius 3 is 1.65 bits per heavy atom. The molecular formula is C14H25NO4S. The van der Waals surface area contributed by atoms with Crippen LogP contribution >= 0.6 is 0 Å². The van der Waals surface area contributed by atoms with Crippen molar-refractivity contribution < 1.29 is 18.3 Å². The third kappa shape index (κ3) is 3.95. The summed E-state index contributed by atoms with van der Waals surface area (Å²) in [5, 5.41) is 8.89. The normalized spacial score (nSPS) is 23.1. The van der Waals surface area contributed by atoms with E-state index in [4.69, 9.17) is 5.11 Å². The van der Waals surface area contributed by atoms with Crippen LogP contribution in [-0.4, -0.2) is 41.6 Å². The molecule has 0 spiro atoms. The summed E-state index contributed by atoms with van der Waals surface area (Å²) in [7, 11) is -3.69. The Morgan fingerprint density at radius 1 is 0.900 bits per heavy atom. The van der Waals surface area contributed by atoms with Gasteiger partial charge in [0.15, 0.2) is 5.75 Å². The standard InChI is InChI=1S/C14H25NO4S/c16-14(17)11-20(18,19)15(12-7-3-1-4-8-12)13-9-5-2-6-10-13/h12-13H,1-11H2,(H,16,17). The van der Waals surface area contributed by atoms with E-state index in [1.807, 2.05) is 0 Å². The second kappa shape index (κ2) is 6.89. The van der Waals surface area contributed by atoms with Gasteiger partial charge in [0.2, 0.25) is 10.0 Å². The largest absolute Gasteiger partial charge is 0.480 e. The lowest BCUT2D eigenvalue weighted by Gasteiger charge is -2.40. The van der Waals surface area contributed by atoms with Crippen molar-refractivity contribution in [2.24, 2.45) is 0 Å². The van der Waals surface area contributed by atoms with Gasteiger partial charge in [-0.15, -0.1) is 0 Å². The van der Waals surface area contributed by atoms with Gasteiger partial charge in [0.05, 0.1) is 0 Å². The Bertz CT molecular complexity index is 404. The zero-order chi connectivity index (χ0) is 14.6. The van der Waals surface area contributed by atoms with E-state index >= 15 is 0 Å². The number of aliphatic carboxylic acids is 1. The molecule has 0 radical (unpaired) electrons. The first-order valence-corrected chi connectivity index (χ1v) is 9.34. The summed E-state index contributed by atoms with van der Waals surface area (Å²) in [5.41, 5.74) is 0. The molecule has 1 N–H and O–H groups in total. The number of hydrogen-bond acceptors (Lipinski definition) is 3. The van der Waals surface area contributed by atoms with Gasteiger partial charge >= 0.3 is 5.97 Å². The van der Waals surface area contributed by atoms with Crippen LogP contribution in [0.3, 0.4) is 0 Å². The average Bonchev–Trinajstić information content (AvgIpc) is 2.39. The number of carboxylic acid groups (broad SMARTS) is 1. The lowest BCUT2D eigenvalue weighted by molar-refractivity contribution is -0.134. The number of sulfonamides is 1. The van der Waals surface area contributed by atoms with E-state index in [0.29, 0.717) is 0 Å². The summed E-state index contributed by atoms with van der Waals surface area (Å²) in [6, 6.07) is 0.0485. The van der Waals surface area contributed by atoms with Crippen molar-refractivity contribution in [3.63, 3.8) is 0 Å². The van der Waals surface area contributed by atoms with Gasteiger partial charge in [-0.05, 0) is 25.7 Å². The molecule has 0 atom stereocenters. The van der Waals surface area contributed by atoms with Crippen LogP contribution in [-0.2, 0) is 14.8 Å². The molecule has 2 fully saturated rings. The van der Waals surface area contributed by atoms with Gasteiger partial charge in [-0.1, -0.05) is 38.5 Å². The molecule has 2 aliphatic carbocycles. The first kappa shape index (κ1) is 15.8. The van der Waals surface area contributed by atoms with Crippen LogP contribution in [0.4, 0.5) is 0 Å². The summed E-state index contributed by atoms with van der Waals surface area (Å²) >= 11 is 0. The minimum absolute atomic E-state index is 0.0243. The van der Waals surface area contributed by atoms with Gasteiger partial charge in [-0.25, -0.2) is 8.42 Å². The molecule has 2 rings (SSSR count). The number of nitrogens with zero attached hydrogens (tertiary/aromatic N) is 1. The van der Waals surface area contributed by atoms with Crippen molar-refractivity contribution in [2.45, 2.75) is 76.3 Å². The maximum atomic E-state index is 12.5. The minimum atomic E-state index is -3.69. The minimum Gasteiger partial charge on any atom is -0.480 e. The summed E-state index contributed by atoms with van der Waals surface area (Å²) < 4.78 is 26.6. The Morgan fingerprint density at radius 2 is 1.30 bits per heavy atom. The summed E-state index contributed by atoms with van der Waals surface area (Å²) in [4.78, 5) is 10.9. The molecular weight excluding hydrogens is 278 g/mol. The molecule has 0 heterocycles. The molecule has 0 saturated heterocycles. The Balaban J connectivity index is 2.19. The molecule has 5 nitrogen and oxygen atoms in total. The van der Waals surface area contributed by atoms with Crippen molar-refractivity contribution in [3.05, 3.63) is 0 Å². The topological polar surface area (TPSA) is 74.7 Å². The van der Waals surface area contributed by atoms with Crippen molar-refractivity contribution in [1.82, 2.24) is 4.31 Å². The first-order chi connectivity index (χ1) is 9.50. The fourth-order valence-corrected chi connectivity index (χ4v) is 5.45. The Hall–Kier alpha value is -0.620. The van der Waals surface area contributed by atoms with Gasteiger partial charge in [-0.3, -0.25) is 4.79 Å². The van der Waals surface area contributed by atoms with Gasteiger partial charge in [0, 0.05) is 12.1 Å². The van der Waals surface area contributed by atoms with Crippen LogP contribution < -0.4 is 0 Å². The van der Waals surface area contributed by atoms with Gasteiger partial charge in [0.1, 0.15) is 0 Å². The Kier molecular flexibility index (Phi) is 5.43. The van der Waals surface area contributed by atoms with Crippen LogP contribution in [0.15, 0.2) is 0 Å². The first-order valence-electron chi connectivity index (χ1n) is 7.74. The second-order valence-corrected chi connectivity index (χ2v) is 7.94. The van der Waals surface area contributed by atoms with E-state index in [-0.39, 0.29) is 12.1 Å². The molecule has 0 aliphatic heterocycles. The summed E-state index contributed by atoms with van der Waals surface area (Å²) in [6.45, 7) is 0. The monoisotopic (exact) mass is 303 g/mol. The van der Waals surface area contributed by atoms with Crippen molar-refractivity contribution in [2.75, 3.05) is 5.75 Å². The van der Waals surface area contributed by atoms with E-state index in [2.05, 4.69) is 0 Å². The molecule has 0 aromatic heterocycles. The fraction of sp³-hybridized carbons (Fsp3) is 0.929. The van der Waals surface area contributed by atoms with E-state index in [9.17, 15) is 13.2 Å². The van der Waals surface area contributed by atoms with E-state index in [0.717, 1.165) is 64.2 Å². The molecule has 0 amide bonds. The third-order valence-corrected chi connectivity index (χ3v) is 6.35.